The van der Waals surface area contributed by atoms with Crippen molar-refractivity contribution in [2.24, 2.45) is 0 Å². The van der Waals surface area contributed by atoms with Gasteiger partial charge in [0.05, 0.1) is 30.6 Å². The monoisotopic (exact) mass is 587 g/mol. The summed E-state index contributed by atoms with van der Waals surface area (Å²) in [6, 6.07) is 21.2. The first-order chi connectivity index (χ1) is 19.8. The largest absolute Gasteiger partial charge is 0.495 e. The molecule has 1 aliphatic heterocycles. The summed E-state index contributed by atoms with van der Waals surface area (Å²) in [5, 5.41) is 7.81. The van der Waals surface area contributed by atoms with E-state index in [9.17, 15) is 4.79 Å². The molecule has 0 bridgehead atoms. The highest BCUT2D eigenvalue weighted by Gasteiger charge is 2.41. The molecule has 1 aliphatic rings. The zero-order chi connectivity index (χ0) is 29.1. The molecular formula is C32H34ClN5O2S. The van der Waals surface area contributed by atoms with Gasteiger partial charge in [0, 0.05) is 41.3 Å². The Hall–Kier alpha value is -3.88. The second kappa shape index (κ2) is 12.3. The van der Waals surface area contributed by atoms with Gasteiger partial charge in [0.15, 0.2) is 5.11 Å². The van der Waals surface area contributed by atoms with E-state index in [0.29, 0.717) is 16.7 Å². The zero-order valence-electron chi connectivity index (χ0n) is 23.6. The molecule has 2 aromatic carbocycles. The number of nitrogens with zero attached hydrogens (tertiary/aromatic N) is 3. The number of aryl methyl sites for hydroxylation is 2. The molecule has 2 N–H and O–H groups in total. The number of anilines is 1. The fraction of sp³-hybridized carbons (Fsp3) is 0.281. The van der Waals surface area contributed by atoms with Crippen LogP contribution >= 0.6 is 23.8 Å². The summed E-state index contributed by atoms with van der Waals surface area (Å²) < 4.78 is 7.84. The fourth-order valence-corrected chi connectivity index (χ4v) is 6.16. The number of nitrogens with one attached hydrogen (secondary N) is 2. The second-order valence-corrected chi connectivity index (χ2v) is 10.9. The zero-order valence-corrected chi connectivity index (χ0v) is 25.2. The molecule has 212 valence electrons. The van der Waals surface area contributed by atoms with Gasteiger partial charge in [-0.3, -0.25) is 9.78 Å². The van der Waals surface area contributed by atoms with Crippen LogP contribution in [0.5, 0.6) is 5.75 Å². The average Bonchev–Trinajstić information content (AvgIpc) is 3.46. The second-order valence-electron chi connectivity index (χ2n) is 10.1. The SMILES string of the molecule is CCc1ccccc1NC(=O)CCN1C(=S)N[C@H](c2ccccn2)[C@H]1c1cc(C)n(-c2cc(Cl)ccc2OC)c1C. The van der Waals surface area contributed by atoms with Gasteiger partial charge in [0.2, 0.25) is 5.91 Å². The minimum atomic E-state index is -0.192. The highest BCUT2D eigenvalue weighted by Crippen LogP contribution is 2.42. The standard InChI is InChI=1S/C32H34ClN5O2S/c1-5-22-10-6-7-11-25(22)35-29(39)15-17-37-31(30(36-32(37)41)26-12-8-9-16-34-26)24-18-20(2)38(21(24)3)27-19-23(33)13-14-28(27)40-4/h6-14,16,18-19,30-31H,5,15,17H2,1-4H3,(H,35,39)(H,36,41)/t30-,31-/m1/s1. The third kappa shape index (κ3) is 5.80. The van der Waals surface area contributed by atoms with Crippen LogP contribution in [0.2, 0.25) is 5.02 Å². The molecule has 2 aromatic heterocycles. The lowest BCUT2D eigenvalue weighted by Gasteiger charge is -2.28. The van der Waals surface area contributed by atoms with E-state index in [1.54, 1.807) is 13.3 Å². The number of ether oxygens (including phenoxy) is 1. The summed E-state index contributed by atoms with van der Waals surface area (Å²) in [5.74, 6) is 0.674. The van der Waals surface area contributed by atoms with E-state index >= 15 is 0 Å². The molecule has 0 saturated carbocycles. The number of para-hydroxylation sites is 1. The molecule has 0 aliphatic carbocycles. The molecule has 0 unspecified atom stereocenters. The quantitative estimate of drug-likeness (QED) is 0.212. The minimum absolute atomic E-state index is 0.0529. The van der Waals surface area contributed by atoms with Crippen molar-refractivity contribution in [3.63, 3.8) is 0 Å². The first-order valence-electron chi connectivity index (χ1n) is 13.7. The van der Waals surface area contributed by atoms with Crippen molar-refractivity contribution >= 4 is 40.5 Å². The van der Waals surface area contributed by atoms with Gasteiger partial charge >= 0.3 is 0 Å². The van der Waals surface area contributed by atoms with Crippen molar-refractivity contribution in [3.8, 4) is 11.4 Å². The Bertz CT molecular complexity index is 1570. The summed E-state index contributed by atoms with van der Waals surface area (Å²) in [5.41, 5.74) is 6.86. The lowest BCUT2D eigenvalue weighted by Crippen LogP contribution is -2.33. The summed E-state index contributed by atoms with van der Waals surface area (Å²) in [7, 11) is 1.66. The number of hydrogen-bond acceptors (Lipinski definition) is 4. The van der Waals surface area contributed by atoms with Gasteiger partial charge in [-0.05, 0) is 86.1 Å². The van der Waals surface area contributed by atoms with Gasteiger partial charge < -0.3 is 24.8 Å². The number of benzene rings is 2. The Morgan fingerprint density at radius 1 is 1.12 bits per heavy atom. The van der Waals surface area contributed by atoms with E-state index in [0.717, 1.165) is 51.8 Å². The Balaban J connectivity index is 1.50. The maximum Gasteiger partial charge on any atom is 0.226 e. The Morgan fingerprint density at radius 3 is 2.63 bits per heavy atom. The van der Waals surface area contributed by atoms with E-state index in [2.05, 4.69) is 51.9 Å². The molecule has 0 spiro atoms. The molecule has 1 saturated heterocycles. The van der Waals surface area contributed by atoms with E-state index in [1.807, 2.05) is 60.7 Å². The topological polar surface area (TPSA) is 71.4 Å². The maximum absolute atomic E-state index is 13.1. The molecule has 1 fully saturated rings. The number of thiocarbonyl (C=S) groups is 1. The van der Waals surface area contributed by atoms with Gasteiger partial charge in [-0.25, -0.2) is 0 Å². The lowest BCUT2D eigenvalue weighted by molar-refractivity contribution is -0.116. The van der Waals surface area contributed by atoms with E-state index < -0.39 is 0 Å². The van der Waals surface area contributed by atoms with E-state index in [-0.39, 0.29) is 24.4 Å². The highest BCUT2D eigenvalue weighted by molar-refractivity contribution is 7.80. The molecule has 5 rings (SSSR count). The van der Waals surface area contributed by atoms with Crippen LogP contribution < -0.4 is 15.4 Å². The number of pyridine rings is 1. The summed E-state index contributed by atoms with van der Waals surface area (Å²) in [6.07, 6.45) is 2.92. The Morgan fingerprint density at radius 2 is 1.90 bits per heavy atom. The van der Waals surface area contributed by atoms with Gasteiger partial charge in [0.1, 0.15) is 5.75 Å². The summed E-state index contributed by atoms with van der Waals surface area (Å²) in [4.78, 5) is 19.9. The van der Waals surface area contributed by atoms with Gasteiger partial charge in [-0.15, -0.1) is 0 Å². The van der Waals surface area contributed by atoms with Crippen LogP contribution in [0.25, 0.3) is 5.69 Å². The number of carbonyl (C=O) groups is 1. The Labute approximate surface area is 251 Å². The third-order valence-electron chi connectivity index (χ3n) is 7.62. The van der Waals surface area contributed by atoms with E-state index in [4.69, 9.17) is 28.6 Å². The van der Waals surface area contributed by atoms with Crippen LogP contribution in [0, 0.1) is 13.8 Å². The molecule has 41 heavy (non-hydrogen) atoms. The number of aromatic nitrogens is 2. The molecular weight excluding hydrogens is 554 g/mol. The van der Waals surface area contributed by atoms with Crippen molar-refractivity contribution in [1.82, 2.24) is 19.8 Å². The van der Waals surface area contributed by atoms with Crippen LogP contribution in [0.4, 0.5) is 5.69 Å². The van der Waals surface area contributed by atoms with Gasteiger partial charge in [-0.2, -0.15) is 0 Å². The van der Waals surface area contributed by atoms with Gasteiger partial charge in [0.25, 0.3) is 0 Å². The fourth-order valence-electron chi connectivity index (χ4n) is 5.67. The lowest BCUT2D eigenvalue weighted by atomic mass is 9.96. The number of rotatable bonds is 9. The first kappa shape index (κ1) is 28.6. The van der Waals surface area contributed by atoms with Crippen LogP contribution in [-0.4, -0.2) is 39.1 Å². The number of methoxy groups -OCH3 is 1. The predicted octanol–water partition coefficient (Wildman–Crippen LogP) is 6.71. The van der Waals surface area contributed by atoms with Gasteiger partial charge in [-0.1, -0.05) is 42.8 Å². The molecule has 2 atom stereocenters. The van der Waals surface area contributed by atoms with Crippen LogP contribution in [0.15, 0.2) is 72.9 Å². The number of hydrogen-bond donors (Lipinski definition) is 2. The average molecular weight is 588 g/mol. The van der Waals surface area contributed by atoms with Crippen molar-refractivity contribution in [2.45, 2.75) is 45.7 Å². The third-order valence-corrected chi connectivity index (χ3v) is 8.21. The predicted molar refractivity (Wildman–Crippen MR) is 168 cm³/mol. The molecule has 0 radical (unpaired) electrons. The molecule has 7 nitrogen and oxygen atoms in total. The van der Waals surface area contributed by atoms with E-state index in [1.165, 1.54) is 0 Å². The molecule has 9 heteroatoms. The minimum Gasteiger partial charge on any atom is -0.495 e. The maximum atomic E-state index is 13.1. The molecule has 1 amide bonds. The van der Waals surface area contributed by atoms with Crippen molar-refractivity contribution in [3.05, 3.63) is 106 Å². The summed E-state index contributed by atoms with van der Waals surface area (Å²) in [6.45, 7) is 6.68. The number of carbonyl (C=O) groups excluding carboxylic acids is 1. The van der Waals surface area contributed by atoms with Crippen molar-refractivity contribution in [1.29, 1.82) is 0 Å². The normalized spacial score (nSPS) is 16.5. The summed E-state index contributed by atoms with van der Waals surface area (Å²) >= 11 is 12.3. The Kier molecular flexibility index (Phi) is 8.61. The number of amides is 1. The van der Waals surface area contributed by atoms with Crippen LogP contribution in [-0.2, 0) is 11.2 Å². The number of halogens is 1. The molecule has 3 heterocycles. The van der Waals surface area contributed by atoms with Crippen molar-refractivity contribution < 1.29 is 9.53 Å². The highest BCUT2D eigenvalue weighted by atomic mass is 35.5. The molecule has 4 aromatic rings. The first-order valence-corrected chi connectivity index (χ1v) is 14.5. The van der Waals surface area contributed by atoms with Crippen LogP contribution in [0.1, 0.15) is 53.6 Å². The van der Waals surface area contributed by atoms with Crippen molar-refractivity contribution in [2.75, 3.05) is 19.0 Å². The smallest absolute Gasteiger partial charge is 0.226 e. The van der Waals surface area contributed by atoms with Crippen LogP contribution in [0.3, 0.4) is 0 Å².